The molecule has 13 heteroatoms. The monoisotopic (exact) mass is 505 g/mol. The Hall–Kier alpha value is -0.580. The molecule has 2 rings (SSSR count). The number of rotatable bonds is 13. The standard InChI is InChI=1S/C16H22Cl2NO7PS2/c17-4-1-2-6-25-14-10-15-12(8-13(14)26-7-3-5-18)9-16(28-15)29(23,24)19-11-27(20,21)22/h8-10,19H,1-7,11H2,(H2,20,21,22). The molecule has 0 radical (unpaired) electrons. The molecule has 3 N–H and O–H groups in total. The van der Waals surface area contributed by atoms with Crippen molar-refractivity contribution in [2.75, 3.05) is 31.3 Å². The second-order valence-corrected chi connectivity index (χ2v) is 11.5. The van der Waals surface area contributed by atoms with E-state index in [0.717, 1.165) is 24.2 Å². The van der Waals surface area contributed by atoms with Crippen molar-refractivity contribution in [3.8, 4) is 11.5 Å². The molecule has 0 unspecified atom stereocenters. The van der Waals surface area contributed by atoms with Crippen molar-refractivity contribution >= 4 is 62.2 Å². The van der Waals surface area contributed by atoms with Crippen LogP contribution in [0.3, 0.4) is 0 Å². The third kappa shape index (κ3) is 7.88. The molecule has 0 bridgehead atoms. The van der Waals surface area contributed by atoms with E-state index in [1.54, 1.807) is 12.1 Å². The summed E-state index contributed by atoms with van der Waals surface area (Å²) < 4.78 is 49.7. The number of hydrogen-bond donors (Lipinski definition) is 3. The van der Waals surface area contributed by atoms with E-state index < -0.39 is 23.9 Å². The van der Waals surface area contributed by atoms with Gasteiger partial charge in [0.1, 0.15) is 10.5 Å². The van der Waals surface area contributed by atoms with Gasteiger partial charge in [0, 0.05) is 22.5 Å². The number of ether oxygens (including phenoxy) is 2. The molecule has 29 heavy (non-hydrogen) atoms. The van der Waals surface area contributed by atoms with Gasteiger partial charge in [-0.15, -0.1) is 34.5 Å². The van der Waals surface area contributed by atoms with Gasteiger partial charge >= 0.3 is 7.60 Å². The molecule has 1 aromatic heterocycles. The first kappa shape index (κ1) is 24.7. The Morgan fingerprint density at radius 2 is 1.62 bits per heavy atom. The maximum Gasteiger partial charge on any atom is 0.340 e. The zero-order valence-corrected chi connectivity index (χ0v) is 19.4. The van der Waals surface area contributed by atoms with E-state index >= 15 is 0 Å². The number of hydrogen-bond acceptors (Lipinski definition) is 6. The third-order valence-corrected chi connectivity index (χ3v) is 7.90. The Bertz CT molecular complexity index is 962. The van der Waals surface area contributed by atoms with Gasteiger partial charge in [-0.3, -0.25) is 4.57 Å². The molecule has 0 atom stereocenters. The highest BCUT2D eigenvalue weighted by atomic mass is 35.5. The van der Waals surface area contributed by atoms with Crippen molar-refractivity contribution in [3.63, 3.8) is 0 Å². The van der Waals surface area contributed by atoms with Crippen molar-refractivity contribution < 1.29 is 32.2 Å². The zero-order valence-electron chi connectivity index (χ0n) is 15.3. The Labute approximate surface area is 183 Å². The molecule has 2 aromatic rings. The summed E-state index contributed by atoms with van der Waals surface area (Å²) in [5.74, 6) is 1.93. The van der Waals surface area contributed by atoms with E-state index in [4.69, 9.17) is 42.5 Å². The molecule has 164 valence electrons. The van der Waals surface area contributed by atoms with Gasteiger partial charge in [-0.25, -0.2) is 8.42 Å². The largest absolute Gasteiger partial charge is 0.490 e. The lowest BCUT2D eigenvalue weighted by molar-refractivity contribution is 0.266. The minimum absolute atomic E-state index is 0.0630. The molecule has 1 aromatic carbocycles. The Kier molecular flexibility index (Phi) is 9.50. The Morgan fingerprint density at radius 3 is 2.24 bits per heavy atom. The highest BCUT2D eigenvalue weighted by molar-refractivity contribution is 7.92. The van der Waals surface area contributed by atoms with Gasteiger partial charge in [-0.1, -0.05) is 0 Å². The van der Waals surface area contributed by atoms with Crippen molar-refractivity contribution in [3.05, 3.63) is 18.2 Å². The molecule has 0 aliphatic carbocycles. The minimum Gasteiger partial charge on any atom is -0.490 e. The smallest absolute Gasteiger partial charge is 0.340 e. The number of thiophene rings is 1. The van der Waals surface area contributed by atoms with Gasteiger partial charge in [0.2, 0.25) is 0 Å². The topological polar surface area (TPSA) is 122 Å². The van der Waals surface area contributed by atoms with Crippen LogP contribution in [0, 0.1) is 0 Å². The predicted octanol–water partition coefficient (Wildman–Crippen LogP) is 3.72. The first-order valence-corrected chi connectivity index (χ1v) is 13.8. The number of halogens is 2. The van der Waals surface area contributed by atoms with Gasteiger partial charge in [0.15, 0.2) is 11.5 Å². The van der Waals surface area contributed by atoms with Crippen molar-refractivity contribution in [1.29, 1.82) is 0 Å². The first-order chi connectivity index (χ1) is 13.7. The van der Waals surface area contributed by atoms with Crippen LogP contribution in [0.1, 0.15) is 19.3 Å². The summed E-state index contributed by atoms with van der Waals surface area (Å²) in [7, 11) is -8.58. The van der Waals surface area contributed by atoms with Gasteiger partial charge in [-0.05, 0) is 36.8 Å². The van der Waals surface area contributed by atoms with Crippen LogP contribution in [0.4, 0.5) is 0 Å². The van der Waals surface area contributed by atoms with Crippen molar-refractivity contribution in [2.45, 2.75) is 23.5 Å². The average Bonchev–Trinajstić information content (AvgIpc) is 3.07. The fourth-order valence-corrected chi connectivity index (χ4v) is 6.00. The van der Waals surface area contributed by atoms with Crippen LogP contribution < -0.4 is 14.2 Å². The summed E-state index contributed by atoms with van der Waals surface area (Å²) in [4.78, 5) is 17.8. The normalized spacial score (nSPS) is 12.4. The Balaban J connectivity index is 2.30. The molecule has 0 aliphatic rings. The summed E-state index contributed by atoms with van der Waals surface area (Å²) in [6, 6.07) is 4.80. The third-order valence-electron chi connectivity index (χ3n) is 3.61. The van der Waals surface area contributed by atoms with Gasteiger partial charge in [-0.2, -0.15) is 4.72 Å². The van der Waals surface area contributed by atoms with Crippen LogP contribution in [-0.2, 0) is 14.6 Å². The van der Waals surface area contributed by atoms with Crippen molar-refractivity contribution in [2.24, 2.45) is 0 Å². The molecule has 0 spiro atoms. The summed E-state index contributed by atoms with van der Waals surface area (Å²) in [5.41, 5.74) is 0. The van der Waals surface area contributed by atoms with Crippen LogP contribution in [-0.4, -0.2) is 49.5 Å². The van der Waals surface area contributed by atoms with E-state index in [0.29, 0.717) is 53.0 Å². The lowest BCUT2D eigenvalue weighted by atomic mass is 10.2. The zero-order chi connectivity index (χ0) is 21.5. The van der Waals surface area contributed by atoms with Crippen LogP contribution >= 0.6 is 42.1 Å². The SMILES string of the molecule is O=P(O)(O)CNS(=O)(=O)c1cc2cc(OCCCCl)c(OCCCCCl)cc2s1. The fourth-order valence-electron chi connectivity index (χ4n) is 2.24. The number of nitrogens with one attached hydrogen (secondary N) is 1. The number of alkyl halides is 2. The molecular formula is C16H22Cl2NO7PS2. The quantitative estimate of drug-likeness (QED) is 0.215. The number of fused-ring (bicyclic) bond motifs is 1. The highest BCUT2D eigenvalue weighted by Gasteiger charge is 2.23. The van der Waals surface area contributed by atoms with E-state index in [2.05, 4.69) is 0 Å². The maximum atomic E-state index is 12.3. The highest BCUT2D eigenvalue weighted by Crippen LogP contribution is 2.39. The predicted molar refractivity (Wildman–Crippen MR) is 115 cm³/mol. The van der Waals surface area contributed by atoms with E-state index in [1.165, 1.54) is 6.07 Å². The number of sulfonamides is 1. The summed E-state index contributed by atoms with van der Waals surface area (Å²) in [6.07, 6.45) is 1.24. The molecule has 0 aliphatic heterocycles. The second kappa shape index (κ2) is 11.2. The first-order valence-electron chi connectivity index (χ1n) is 8.65. The molecule has 0 saturated carbocycles. The summed E-state index contributed by atoms with van der Waals surface area (Å²) in [5, 5.41) is 0.612. The van der Waals surface area contributed by atoms with E-state index in [1.807, 2.05) is 4.72 Å². The molecule has 0 saturated heterocycles. The lowest BCUT2D eigenvalue weighted by Crippen LogP contribution is -2.23. The average molecular weight is 506 g/mol. The van der Waals surface area contributed by atoms with E-state index in [9.17, 15) is 13.0 Å². The molecule has 0 fully saturated rings. The van der Waals surface area contributed by atoms with Crippen LogP contribution in [0.5, 0.6) is 11.5 Å². The lowest BCUT2D eigenvalue weighted by Gasteiger charge is -2.13. The van der Waals surface area contributed by atoms with Crippen LogP contribution in [0.15, 0.2) is 22.4 Å². The van der Waals surface area contributed by atoms with Gasteiger partial charge in [0.05, 0.1) is 13.2 Å². The van der Waals surface area contributed by atoms with Gasteiger partial charge in [0.25, 0.3) is 10.0 Å². The van der Waals surface area contributed by atoms with Crippen LogP contribution in [0.25, 0.3) is 10.1 Å². The molecule has 0 amide bonds. The number of benzene rings is 1. The Morgan fingerprint density at radius 1 is 1.00 bits per heavy atom. The van der Waals surface area contributed by atoms with Gasteiger partial charge < -0.3 is 19.3 Å². The fraction of sp³-hybridized carbons (Fsp3) is 0.500. The molecular weight excluding hydrogens is 484 g/mol. The second-order valence-electron chi connectivity index (χ2n) is 6.01. The minimum atomic E-state index is -4.51. The molecule has 1 heterocycles. The number of unbranched alkanes of at least 4 members (excludes halogenated alkanes) is 1. The summed E-state index contributed by atoms with van der Waals surface area (Å²) >= 11 is 12.3. The maximum absolute atomic E-state index is 12.3. The van der Waals surface area contributed by atoms with Crippen LogP contribution in [0.2, 0.25) is 0 Å². The molecule has 8 nitrogen and oxygen atoms in total. The van der Waals surface area contributed by atoms with Crippen molar-refractivity contribution in [1.82, 2.24) is 4.72 Å². The summed E-state index contributed by atoms with van der Waals surface area (Å²) in [6.45, 7) is 0.816. The van der Waals surface area contributed by atoms with E-state index in [-0.39, 0.29) is 4.21 Å².